The fraction of sp³-hybridized carbons (Fsp3) is 0. The van der Waals surface area contributed by atoms with Crippen LogP contribution < -0.4 is 0 Å². The van der Waals surface area contributed by atoms with E-state index in [1.165, 1.54) is 27.4 Å². The first-order valence-electron chi connectivity index (χ1n) is 17.3. The molecular weight excluding hydrogens is 633 g/mol. The maximum Gasteiger partial charge on any atom is 0.0998 e. The third-order valence-corrected chi connectivity index (χ3v) is 10.4. The molecule has 0 atom stereocenters. The monoisotopic (exact) mass is 660 g/mol. The van der Waals surface area contributed by atoms with Crippen LogP contribution in [-0.4, -0.2) is 9.13 Å². The minimum absolute atomic E-state index is 0.607. The van der Waals surface area contributed by atoms with Gasteiger partial charge < -0.3 is 9.13 Å². The Hall–Kier alpha value is -7.40. The van der Waals surface area contributed by atoms with E-state index in [1.807, 2.05) is 42.5 Å². The Morgan fingerprint density at radius 1 is 0.346 bits per heavy atom. The largest absolute Gasteiger partial charge is 0.309 e. The first-order valence-corrected chi connectivity index (χ1v) is 17.3. The molecule has 0 radical (unpaired) electrons. The number of hydrogen-bond donors (Lipinski definition) is 0. The summed E-state index contributed by atoms with van der Waals surface area (Å²) in [5, 5.41) is 26.3. The molecule has 2 aromatic heterocycles. The third kappa shape index (κ3) is 4.46. The zero-order valence-electron chi connectivity index (χ0n) is 28.0. The highest BCUT2D eigenvalue weighted by Gasteiger charge is 2.19. The standard InChI is InChI=1S/C48H28N4/c49-29-31-15-22-46-43(25-31)48-40-14-8-7-13-39(40)36(30-50)28-47(48)52(46)38-20-16-33(17-21-38)35-19-24-45-42(27-35)41-26-34(32-9-3-1-4-10-32)18-23-44(41)51(45)37-11-5-2-6-12-37/h1-28H. The predicted molar refractivity (Wildman–Crippen MR) is 213 cm³/mol. The Bertz CT molecular complexity index is 3120. The Balaban J connectivity index is 1.15. The van der Waals surface area contributed by atoms with Crippen molar-refractivity contribution in [3.63, 3.8) is 0 Å². The van der Waals surface area contributed by atoms with Crippen molar-refractivity contribution in [1.82, 2.24) is 9.13 Å². The average Bonchev–Trinajstić information content (AvgIpc) is 3.72. The minimum atomic E-state index is 0.607. The van der Waals surface area contributed by atoms with E-state index in [2.05, 4.69) is 149 Å². The van der Waals surface area contributed by atoms with Gasteiger partial charge in [0.05, 0.1) is 45.3 Å². The molecule has 240 valence electrons. The van der Waals surface area contributed by atoms with E-state index in [0.717, 1.165) is 60.6 Å². The van der Waals surface area contributed by atoms with Gasteiger partial charge in [-0.3, -0.25) is 0 Å². The van der Waals surface area contributed by atoms with Crippen molar-refractivity contribution in [2.45, 2.75) is 0 Å². The molecule has 0 bridgehead atoms. The van der Waals surface area contributed by atoms with Crippen LogP contribution >= 0.6 is 0 Å². The maximum atomic E-state index is 10.2. The van der Waals surface area contributed by atoms with Crippen LogP contribution in [0.5, 0.6) is 0 Å². The second-order valence-electron chi connectivity index (χ2n) is 13.2. The van der Waals surface area contributed by atoms with Gasteiger partial charge in [-0.15, -0.1) is 0 Å². The van der Waals surface area contributed by atoms with Crippen molar-refractivity contribution in [3.05, 3.63) is 181 Å². The van der Waals surface area contributed by atoms with E-state index < -0.39 is 0 Å². The number of aromatic nitrogens is 2. The molecule has 0 fully saturated rings. The summed E-state index contributed by atoms with van der Waals surface area (Å²) < 4.78 is 4.57. The van der Waals surface area contributed by atoms with Gasteiger partial charge in [-0.2, -0.15) is 10.5 Å². The average molecular weight is 661 g/mol. The quantitative estimate of drug-likeness (QED) is 0.189. The summed E-state index contributed by atoms with van der Waals surface area (Å²) in [6.45, 7) is 0. The molecule has 0 saturated carbocycles. The molecule has 0 N–H and O–H groups in total. The number of hydrogen-bond acceptors (Lipinski definition) is 2. The minimum Gasteiger partial charge on any atom is -0.309 e. The van der Waals surface area contributed by atoms with Crippen molar-refractivity contribution in [3.8, 4) is 45.8 Å². The summed E-state index contributed by atoms with van der Waals surface area (Å²) in [6.07, 6.45) is 0. The lowest BCUT2D eigenvalue weighted by molar-refractivity contribution is 1.18. The molecule has 10 rings (SSSR count). The SMILES string of the molecule is N#Cc1ccc2c(c1)c1c3ccccc3c(C#N)cc1n2-c1ccc(-c2ccc3c(c2)c2cc(-c4ccccc4)ccc2n3-c2ccccc2)cc1. The first kappa shape index (κ1) is 29.5. The number of para-hydroxylation sites is 1. The lowest BCUT2D eigenvalue weighted by Crippen LogP contribution is -1.95. The zero-order chi connectivity index (χ0) is 34.8. The number of rotatable bonds is 4. The molecule has 0 unspecified atom stereocenters. The second kappa shape index (κ2) is 11.6. The molecule has 0 aliphatic rings. The van der Waals surface area contributed by atoms with Crippen molar-refractivity contribution in [2.24, 2.45) is 0 Å². The van der Waals surface area contributed by atoms with Gasteiger partial charge in [0.25, 0.3) is 0 Å². The van der Waals surface area contributed by atoms with Gasteiger partial charge in [0.1, 0.15) is 0 Å². The Kier molecular flexibility index (Phi) is 6.58. The van der Waals surface area contributed by atoms with E-state index in [-0.39, 0.29) is 0 Å². The van der Waals surface area contributed by atoms with E-state index >= 15 is 0 Å². The summed E-state index contributed by atoms with van der Waals surface area (Å²) in [5.41, 5.74) is 12.3. The summed E-state index contributed by atoms with van der Waals surface area (Å²) >= 11 is 0. The van der Waals surface area contributed by atoms with E-state index in [4.69, 9.17) is 0 Å². The van der Waals surface area contributed by atoms with Crippen LogP contribution in [0.3, 0.4) is 0 Å². The maximum absolute atomic E-state index is 10.2. The molecule has 0 aliphatic heterocycles. The van der Waals surface area contributed by atoms with Gasteiger partial charge in [-0.25, -0.2) is 0 Å². The Labute approximate surface area is 299 Å². The Morgan fingerprint density at radius 2 is 0.865 bits per heavy atom. The lowest BCUT2D eigenvalue weighted by atomic mass is 9.99. The van der Waals surface area contributed by atoms with Crippen molar-refractivity contribution in [2.75, 3.05) is 0 Å². The second-order valence-corrected chi connectivity index (χ2v) is 13.2. The molecule has 10 aromatic rings. The summed E-state index contributed by atoms with van der Waals surface area (Å²) in [5.74, 6) is 0. The number of fused-ring (bicyclic) bond motifs is 8. The van der Waals surface area contributed by atoms with Gasteiger partial charge in [-0.05, 0) is 100 Å². The smallest absolute Gasteiger partial charge is 0.0998 e. The predicted octanol–water partition coefficient (Wildman–Crippen LogP) is 12.1. The number of benzene rings is 8. The van der Waals surface area contributed by atoms with E-state index in [0.29, 0.717) is 11.1 Å². The highest BCUT2D eigenvalue weighted by Crippen LogP contribution is 2.40. The topological polar surface area (TPSA) is 57.4 Å². The molecule has 0 aliphatic carbocycles. The van der Waals surface area contributed by atoms with Crippen molar-refractivity contribution < 1.29 is 0 Å². The fourth-order valence-electron chi connectivity index (χ4n) is 7.99. The van der Waals surface area contributed by atoms with Gasteiger partial charge in [0.15, 0.2) is 0 Å². The summed E-state index contributed by atoms with van der Waals surface area (Å²) in [4.78, 5) is 0. The molecule has 8 aromatic carbocycles. The van der Waals surface area contributed by atoms with E-state index in [1.54, 1.807) is 0 Å². The fourth-order valence-corrected chi connectivity index (χ4v) is 7.99. The first-order chi connectivity index (χ1) is 25.7. The summed E-state index contributed by atoms with van der Waals surface area (Å²) in [7, 11) is 0. The van der Waals surface area contributed by atoms with Crippen LogP contribution in [0.1, 0.15) is 11.1 Å². The lowest BCUT2D eigenvalue weighted by Gasteiger charge is -2.11. The van der Waals surface area contributed by atoms with Crippen LogP contribution in [0.2, 0.25) is 0 Å². The molecule has 2 heterocycles. The van der Waals surface area contributed by atoms with Gasteiger partial charge >= 0.3 is 0 Å². The molecule has 52 heavy (non-hydrogen) atoms. The molecule has 0 amide bonds. The van der Waals surface area contributed by atoms with Crippen LogP contribution in [-0.2, 0) is 0 Å². The van der Waals surface area contributed by atoms with Gasteiger partial charge in [0, 0.05) is 38.3 Å². The Morgan fingerprint density at radius 3 is 1.52 bits per heavy atom. The number of nitriles is 2. The highest BCUT2D eigenvalue weighted by molar-refractivity contribution is 6.22. The zero-order valence-corrected chi connectivity index (χ0v) is 28.0. The van der Waals surface area contributed by atoms with Crippen LogP contribution in [0.25, 0.3) is 88.0 Å². The number of nitrogens with zero attached hydrogens (tertiary/aromatic N) is 4. The normalized spacial score (nSPS) is 11.4. The third-order valence-electron chi connectivity index (χ3n) is 10.4. The molecule has 4 heteroatoms. The van der Waals surface area contributed by atoms with Crippen molar-refractivity contribution >= 4 is 54.4 Å². The molecule has 0 saturated heterocycles. The van der Waals surface area contributed by atoms with Gasteiger partial charge in [-0.1, -0.05) is 97.1 Å². The molecule has 0 spiro atoms. The van der Waals surface area contributed by atoms with Crippen LogP contribution in [0.4, 0.5) is 0 Å². The molecular formula is C48H28N4. The van der Waals surface area contributed by atoms with Crippen LogP contribution in [0, 0.1) is 22.7 Å². The van der Waals surface area contributed by atoms with E-state index in [9.17, 15) is 10.5 Å². The molecule has 4 nitrogen and oxygen atoms in total. The summed E-state index contributed by atoms with van der Waals surface area (Å²) in [6, 6.07) is 63.9. The van der Waals surface area contributed by atoms with Gasteiger partial charge in [0.2, 0.25) is 0 Å². The van der Waals surface area contributed by atoms with Crippen molar-refractivity contribution in [1.29, 1.82) is 10.5 Å². The highest BCUT2D eigenvalue weighted by atomic mass is 15.0. The van der Waals surface area contributed by atoms with Crippen LogP contribution in [0.15, 0.2) is 170 Å².